The Kier molecular flexibility index (Phi) is 6.86. The molecule has 0 saturated carbocycles. The minimum atomic E-state index is -0.111. The number of benzene rings is 3. The van der Waals surface area contributed by atoms with E-state index in [0.717, 1.165) is 34.1 Å². The van der Waals surface area contributed by atoms with Gasteiger partial charge in [-0.15, -0.1) is 0 Å². The minimum absolute atomic E-state index is 0.0887. The summed E-state index contributed by atoms with van der Waals surface area (Å²) in [6, 6.07) is 32.6. The van der Waals surface area contributed by atoms with Gasteiger partial charge in [-0.25, -0.2) is 0 Å². The smallest absolute Gasteiger partial charge is 0.174 e. The van der Waals surface area contributed by atoms with Crippen molar-refractivity contribution >= 4 is 23.0 Å². The highest BCUT2D eigenvalue weighted by molar-refractivity contribution is 7.80. The summed E-state index contributed by atoms with van der Waals surface area (Å²) in [5.74, 6) is 1.64. The summed E-state index contributed by atoms with van der Waals surface area (Å²) < 4.78 is 8.53. The van der Waals surface area contributed by atoms with Crippen LogP contribution >= 0.6 is 12.2 Å². The Morgan fingerprint density at radius 2 is 1.45 bits per heavy atom. The highest BCUT2D eigenvalue weighted by Crippen LogP contribution is 2.45. The summed E-state index contributed by atoms with van der Waals surface area (Å²) in [5.41, 5.74) is 9.13. The van der Waals surface area contributed by atoms with Gasteiger partial charge < -0.3 is 19.5 Å². The van der Waals surface area contributed by atoms with Crippen LogP contribution in [0, 0.1) is 27.7 Å². The Labute approximate surface area is 241 Å². The van der Waals surface area contributed by atoms with E-state index in [4.69, 9.17) is 21.9 Å². The summed E-state index contributed by atoms with van der Waals surface area (Å²) in [7, 11) is 0. The lowest BCUT2D eigenvalue weighted by Gasteiger charge is -2.29. The average Bonchev–Trinajstić information content (AvgIpc) is 3.42. The van der Waals surface area contributed by atoms with E-state index in [1.807, 2.05) is 48.7 Å². The van der Waals surface area contributed by atoms with E-state index in [1.165, 1.54) is 22.5 Å². The van der Waals surface area contributed by atoms with Gasteiger partial charge in [0.15, 0.2) is 5.11 Å². The van der Waals surface area contributed by atoms with Gasteiger partial charge in [0.05, 0.1) is 17.8 Å². The maximum atomic E-state index is 6.18. The van der Waals surface area contributed by atoms with Gasteiger partial charge in [-0.05, 0) is 106 Å². The molecule has 200 valence electrons. The zero-order chi connectivity index (χ0) is 27.8. The van der Waals surface area contributed by atoms with Crippen LogP contribution in [-0.2, 0) is 0 Å². The first-order valence-electron chi connectivity index (χ1n) is 13.5. The molecule has 2 atom stereocenters. The van der Waals surface area contributed by atoms with Crippen LogP contribution in [0.2, 0.25) is 0 Å². The zero-order valence-corrected chi connectivity index (χ0v) is 23.9. The summed E-state index contributed by atoms with van der Waals surface area (Å²) in [6.45, 7) is 8.66. The van der Waals surface area contributed by atoms with Crippen LogP contribution in [0.1, 0.15) is 45.9 Å². The first kappa shape index (κ1) is 25.8. The largest absolute Gasteiger partial charge is 0.457 e. The van der Waals surface area contributed by atoms with Crippen molar-refractivity contribution in [2.24, 2.45) is 0 Å². The number of para-hydroxylation sites is 2. The van der Waals surface area contributed by atoms with Crippen molar-refractivity contribution in [1.29, 1.82) is 0 Å². The van der Waals surface area contributed by atoms with E-state index in [9.17, 15) is 0 Å². The third kappa shape index (κ3) is 4.54. The van der Waals surface area contributed by atoms with Gasteiger partial charge in [0, 0.05) is 34.5 Å². The molecule has 1 aliphatic rings. The molecule has 2 aromatic heterocycles. The number of rotatable bonds is 6. The number of thiocarbonyl (C=S) groups is 1. The molecule has 0 amide bonds. The van der Waals surface area contributed by atoms with E-state index in [1.54, 1.807) is 0 Å². The van der Waals surface area contributed by atoms with Crippen molar-refractivity contribution in [3.63, 3.8) is 0 Å². The fourth-order valence-electron chi connectivity index (χ4n) is 5.81. The molecule has 3 aromatic carbocycles. The maximum absolute atomic E-state index is 6.18. The second-order valence-corrected chi connectivity index (χ2v) is 10.6. The number of aryl methyl sites for hydroxylation is 1. The maximum Gasteiger partial charge on any atom is 0.174 e. The molecule has 0 bridgehead atoms. The van der Waals surface area contributed by atoms with Gasteiger partial charge in [0.2, 0.25) is 0 Å². The molecule has 0 radical (unpaired) electrons. The third-order valence-corrected chi connectivity index (χ3v) is 8.17. The third-order valence-electron chi connectivity index (χ3n) is 7.85. The lowest BCUT2D eigenvalue weighted by molar-refractivity contribution is 0.479. The topological polar surface area (TPSA) is 42.3 Å². The Hall–Kier alpha value is -4.42. The van der Waals surface area contributed by atoms with Crippen LogP contribution in [0.3, 0.4) is 0 Å². The molecule has 5 nitrogen and oxygen atoms in total. The summed E-state index contributed by atoms with van der Waals surface area (Å²) in [5, 5.41) is 4.28. The average molecular weight is 545 g/mol. The van der Waals surface area contributed by atoms with E-state index in [2.05, 4.69) is 97.1 Å². The van der Waals surface area contributed by atoms with Gasteiger partial charge in [0.25, 0.3) is 0 Å². The SMILES string of the molecule is Cc1ccccc1Oc1ccc(N2C(=S)N[C@H](c3ccccn3)[C@H]2c2c(C)c(C)n(-c3ccccc3)c2C)cc1. The van der Waals surface area contributed by atoms with Crippen LogP contribution in [0.5, 0.6) is 11.5 Å². The second kappa shape index (κ2) is 10.6. The highest BCUT2D eigenvalue weighted by Gasteiger charge is 2.43. The van der Waals surface area contributed by atoms with Crippen LogP contribution in [0.25, 0.3) is 5.69 Å². The molecule has 1 N–H and O–H groups in total. The molecule has 3 heterocycles. The normalized spacial score (nSPS) is 16.7. The zero-order valence-electron chi connectivity index (χ0n) is 23.1. The van der Waals surface area contributed by atoms with Crippen molar-refractivity contribution in [2.45, 2.75) is 39.8 Å². The summed E-state index contributed by atoms with van der Waals surface area (Å²) in [6.07, 6.45) is 1.84. The molecule has 6 rings (SSSR count). The molecule has 40 heavy (non-hydrogen) atoms. The van der Waals surface area contributed by atoms with Crippen molar-refractivity contribution in [3.05, 3.63) is 137 Å². The van der Waals surface area contributed by atoms with E-state index < -0.39 is 0 Å². The number of nitrogens with one attached hydrogen (secondary N) is 1. The standard InChI is InChI=1S/C34H32N4OS/c1-22-12-8-9-16-30(22)39-28-19-17-27(18-20-28)38-33(32(36-34(38)40)29-15-10-11-21-35-29)31-23(2)24(3)37(25(31)4)26-13-6-5-7-14-26/h5-21,32-33H,1-4H3,(H,36,40)/t32-,33-/m1/s1. The molecule has 1 saturated heterocycles. The fourth-order valence-corrected chi connectivity index (χ4v) is 6.15. The molecule has 0 spiro atoms. The first-order chi connectivity index (χ1) is 19.4. The fraction of sp³-hybridized carbons (Fsp3) is 0.176. The lowest BCUT2D eigenvalue weighted by atomic mass is 9.93. The summed E-state index contributed by atoms with van der Waals surface area (Å²) in [4.78, 5) is 6.97. The quantitative estimate of drug-likeness (QED) is 0.219. The van der Waals surface area contributed by atoms with Gasteiger partial charge >= 0.3 is 0 Å². The molecule has 5 aromatic rings. The van der Waals surface area contributed by atoms with E-state index in [-0.39, 0.29) is 12.1 Å². The molecule has 6 heteroatoms. The minimum Gasteiger partial charge on any atom is -0.457 e. The van der Waals surface area contributed by atoms with Crippen molar-refractivity contribution in [1.82, 2.24) is 14.9 Å². The number of ether oxygens (including phenoxy) is 1. The van der Waals surface area contributed by atoms with Crippen LogP contribution in [0.15, 0.2) is 103 Å². The van der Waals surface area contributed by atoms with Gasteiger partial charge in [-0.2, -0.15) is 0 Å². The molecule has 0 unspecified atom stereocenters. The van der Waals surface area contributed by atoms with Gasteiger partial charge in [-0.3, -0.25) is 4.98 Å². The van der Waals surface area contributed by atoms with Gasteiger partial charge in [-0.1, -0.05) is 42.5 Å². The van der Waals surface area contributed by atoms with E-state index in [0.29, 0.717) is 5.11 Å². The highest BCUT2D eigenvalue weighted by atomic mass is 32.1. The van der Waals surface area contributed by atoms with Crippen LogP contribution in [0.4, 0.5) is 5.69 Å². The summed E-state index contributed by atoms with van der Waals surface area (Å²) >= 11 is 6.00. The number of anilines is 1. The molecular formula is C34H32N4OS. The monoisotopic (exact) mass is 544 g/mol. The number of hydrogen-bond acceptors (Lipinski definition) is 3. The predicted octanol–water partition coefficient (Wildman–Crippen LogP) is 8.08. The van der Waals surface area contributed by atoms with Crippen molar-refractivity contribution in [3.8, 4) is 17.2 Å². The first-order valence-corrected chi connectivity index (χ1v) is 13.9. The second-order valence-electron chi connectivity index (χ2n) is 10.2. The van der Waals surface area contributed by atoms with Crippen LogP contribution in [-0.4, -0.2) is 14.7 Å². The number of pyridine rings is 1. The molecule has 1 fully saturated rings. The Morgan fingerprint density at radius 3 is 2.15 bits per heavy atom. The number of aromatic nitrogens is 2. The number of nitrogens with zero attached hydrogens (tertiary/aromatic N) is 3. The lowest BCUT2D eigenvalue weighted by Crippen LogP contribution is -2.29. The molecule has 1 aliphatic heterocycles. The molecule has 0 aliphatic carbocycles. The molecular weight excluding hydrogens is 512 g/mol. The van der Waals surface area contributed by atoms with Crippen molar-refractivity contribution < 1.29 is 4.74 Å². The Balaban J connectivity index is 1.44. The van der Waals surface area contributed by atoms with E-state index >= 15 is 0 Å². The number of hydrogen-bond donors (Lipinski definition) is 1. The Morgan fingerprint density at radius 1 is 0.750 bits per heavy atom. The Bertz CT molecular complexity index is 1660. The van der Waals surface area contributed by atoms with Crippen LogP contribution < -0.4 is 15.0 Å². The van der Waals surface area contributed by atoms with Gasteiger partial charge in [0.1, 0.15) is 11.5 Å². The van der Waals surface area contributed by atoms with Crippen molar-refractivity contribution in [2.75, 3.05) is 4.90 Å². The predicted molar refractivity (Wildman–Crippen MR) is 166 cm³/mol.